The van der Waals surface area contributed by atoms with Crippen molar-refractivity contribution in [1.82, 2.24) is 5.32 Å². The van der Waals surface area contributed by atoms with Crippen LogP contribution in [0, 0.1) is 0 Å². The van der Waals surface area contributed by atoms with Crippen LogP contribution in [-0.4, -0.2) is 24.4 Å². The number of hydrogen-bond acceptors (Lipinski definition) is 2. The molecule has 1 aromatic carbocycles. The molecule has 0 saturated carbocycles. The van der Waals surface area contributed by atoms with E-state index in [1.807, 2.05) is 0 Å². The Morgan fingerprint density at radius 2 is 1.56 bits per heavy atom. The number of aliphatic hydroxyl groups is 1. The van der Waals surface area contributed by atoms with E-state index in [1.165, 1.54) is 12.1 Å². The normalized spacial score (nSPS) is 13.9. The van der Waals surface area contributed by atoms with Gasteiger partial charge in [0, 0.05) is 5.56 Å². The van der Waals surface area contributed by atoms with E-state index in [0.717, 1.165) is 12.1 Å². The number of benzene rings is 1. The fraction of sp³-hybridized carbons (Fsp3) is 0.455. The molecule has 0 fully saturated rings. The third-order valence-corrected chi connectivity index (χ3v) is 2.32. The van der Waals surface area contributed by atoms with Gasteiger partial charge in [-0.05, 0) is 5.56 Å². The minimum Gasteiger partial charge on any atom is -0.394 e. The van der Waals surface area contributed by atoms with Crippen molar-refractivity contribution in [3.05, 3.63) is 35.4 Å². The van der Waals surface area contributed by atoms with Crippen LogP contribution in [0.2, 0.25) is 0 Å². The Labute approximate surface area is 100 Å². The topological polar surface area (TPSA) is 32.3 Å². The van der Waals surface area contributed by atoms with Crippen LogP contribution in [0.4, 0.5) is 22.0 Å². The molecule has 2 N–H and O–H groups in total. The SMILES string of the molecule is OCC(NCC(F)(F)F)c1ccc(C(F)F)cc1. The molecule has 0 amide bonds. The number of nitrogens with one attached hydrogen (secondary N) is 1. The van der Waals surface area contributed by atoms with E-state index in [9.17, 15) is 22.0 Å². The molecule has 1 aromatic rings. The Balaban J connectivity index is 2.70. The molecule has 0 radical (unpaired) electrons. The number of hydrogen-bond donors (Lipinski definition) is 2. The van der Waals surface area contributed by atoms with Gasteiger partial charge in [0.25, 0.3) is 6.43 Å². The highest BCUT2D eigenvalue weighted by Crippen LogP contribution is 2.22. The zero-order valence-electron chi connectivity index (χ0n) is 9.22. The van der Waals surface area contributed by atoms with Crippen LogP contribution in [-0.2, 0) is 0 Å². The Hall–Kier alpha value is -1.21. The van der Waals surface area contributed by atoms with E-state index in [-0.39, 0.29) is 5.56 Å². The van der Waals surface area contributed by atoms with Crippen LogP contribution in [0.25, 0.3) is 0 Å². The molecule has 1 atom stereocenters. The molecule has 0 bridgehead atoms. The lowest BCUT2D eigenvalue weighted by molar-refractivity contribution is -0.126. The molecule has 0 aliphatic rings. The average Bonchev–Trinajstić information content (AvgIpc) is 2.29. The van der Waals surface area contributed by atoms with Crippen molar-refractivity contribution in [3.63, 3.8) is 0 Å². The molecule has 0 heterocycles. The zero-order valence-corrected chi connectivity index (χ0v) is 9.22. The maximum atomic E-state index is 12.3. The molecular formula is C11H12F5NO. The Morgan fingerprint density at radius 3 is 1.94 bits per heavy atom. The summed E-state index contributed by atoms with van der Waals surface area (Å²) in [6.45, 7) is -1.81. The summed E-state index contributed by atoms with van der Waals surface area (Å²) in [5, 5.41) is 11.1. The van der Waals surface area contributed by atoms with Gasteiger partial charge < -0.3 is 5.11 Å². The van der Waals surface area contributed by atoms with Crippen molar-refractivity contribution >= 4 is 0 Å². The lowest BCUT2D eigenvalue weighted by Gasteiger charge is -2.18. The van der Waals surface area contributed by atoms with Gasteiger partial charge in [0.15, 0.2) is 0 Å². The molecule has 1 unspecified atom stereocenters. The van der Waals surface area contributed by atoms with E-state index in [2.05, 4.69) is 5.32 Å². The highest BCUT2D eigenvalue weighted by atomic mass is 19.4. The largest absolute Gasteiger partial charge is 0.401 e. The highest BCUT2D eigenvalue weighted by Gasteiger charge is 2.28. The second-order valence-electron chi connectivity index (χ2n) is 3.70. The molecule has 0 aliphatic carbocycles. The van der Waals surface area contributed by atoms with Gasteiger partial charge in [0.05, 0.1) is 19.2 Å². The van der Waals surface area contributed by atoms with Crippen molar-refractivity contribution < 1.29 is 27.1 Å². The van der Waals surface area contributed by atoms with Gasteiger partial charge in [0.2, 0.25) is 0 Å². The van der Waals surface area contributed by atoms with Crippen LogP contribution in [0.15, 0.2) is 24.3 Å². The van der Waals surface area contributed by atoms with Crippen molar-refractivity contribution in [2.24, 2.45) is 0 Å². The first-order valence-corrected chi connectivity index (χ1v) is 5.12. The Bertz CT molecular complexity index is 363. The fourth-order valence-corrected chi connectivity index (χ4v) is 1.40. The molecule has 0 aliphatic heterocycles. The highest BCUT2D eigenvalue weighted by molar-refractivity contribution is 5.25. The first-order chi connectivity index (χ1) is 8.33. The van der Waals surface area contributed by atoms with Gasteiger partial charge in [-0.3, -0.25) is 5.32 Å². The summed E-state index contributed by atoms with van der Waals surface area (Å²) < 4.78 is 60.5. The maximum absolute atomic E-state index is 12.3. The second-order valence-corrected chi connectivity index (χ2v) is 3.70. The average molecular weight is 269 g/mol. The predicted molar refractivity (Wildman–Crippen MR) is 55.3 cm³/mol. The molecule has 7 heteroatoms. The minimum atomic E-state index is -4.39. The van der Waals surface area contributed by atoms with Gasteiger partial charge in [-0.2, -0.15) is 13.2 Å². The van der Waals surface area contributed by atoms with E-state index >= 15 is 0 Å². The van der Waals surface area contributed by atoms with E-state index in [1.54, 1.807) is 0 Å². The number of aliphatic hydroxyl groups excluding tert-OH is 1. The van der Waals surface area contributed by atoms with Gasteiger partial charge in [-0.15, -0.1) is 0 Å². The van der Waals surface area contributed by atoms with Crippen LogP contribution in [0.5, 0.6) is 0 Å². The van der Waals surface area contributed by atoms with Crippen LogP contribution in [0.1, 0.15) is 23.6 Å². The molecule has 102 valence electrons. The van der Waals surface area contributed by atoms with Gasteiger partial charge in [-0.1, -0.05) is 24.3 Å². The Kier molecular flexibility index (Phi) is 5.03. The third kappa shape index (κ3) is 4.58. The number of rotatable bonds is 5. The molecule has 0 spiro atoms. The summed E-state index contributed by atoms with van der Waals surface area (Å²) in [5.74, 6) is 0. The molecule has 1 rings (SSSR count). The monoisotopic (exact) mass is 269 g/mol. The minimum absolute atomic E-state index is 0.216. The maximum Gasteiger partial charge on any atom is 0.401 e. The number of halogens is 5. The quantitative estimate of drug-likeness (QED) is 0.806. The molecule has 0 saturated heterocycles. The summed E-state index contributed by atoms with van der Waals surface area (Å²) in [4.78, 5) is 0. The van der Waals surface area contributed by atoms with Gasteiger partial charge in [-0.25, -0.2) is 8.78 Å². The van der Waals surface area contributed by atoms with Crippen LogP contribution < -0.4 is 5.32 Å². The summed E-state index contributed by atoms with van der Waals surface area (Å²) in [6, 6.07) is 3.85. The van der Waals surface area contributed by atoms with E-state index in [0.29, 0.717) is 5.56 Å². The lowest BCUT2D eigenvalue weighted by atomic mass is 10.1. The van der Waals surface area contributed by atoms with Crippen LogP contribution >= 0.6 is 0 Å². The van der Waals surface area contributed by atoms with Crippen molar-refractivity contribution in [2.45, 2.75) is 18.6 Å². The molecule has 0 aromatic heterocycles. The van der Waals surface area contributed by atoms with Crippen LogP contribution in [0.3, 0.4) is 0 Å². The molecule has 2 nitrogen and oxygen atoms in total. The Morgan fingerprint density at radius 1 is 1.06 bits per heavy atom. The fourth-order valence-electron chi connectivity index (χ4n) is 1.40. The van der Waals surface area contributed by atoms with Crippen molar-refractivity contribution in [1.29, 1.82) is 0 Å². The number of alkyl halides is 5. The first-order valence-electron chi connectivity index (χ1n) is 5.12. The molecule has 18 heavy (non-hydrogen) atoms. The zero-order chi connectivity index (χ0) is 13.8. The predicted octanol–water partition coefficient (Wildman–Crippen LogP) is 2.81. The summed E-state index contributed by atoms with van der Waals surface area (Å²) >= 11 is 0. The third-order valence-electron chi connectivity index (χ3n) is 2.32. The van der Waals surface area contributed by atoms with Gasteiger partial charge >= 0.3 is 6.18 Å². The molecular weight excluding hydrogens is 257 g/mol. The summed E-state index contributed by atoms with van der Waals surface area (Å²) in [7, 11) is 0. The lowest BCUT2D eigenvalue weighted by Crippen LogP contribution is -2.33. The van der Waals surface area contributed by atoms with Crippen molar-refractivity contribution in [3.8, 4) is 0 Å². The second kappa shape index (κ2) is 6.10. The summed E-state index contributed by atoms with van der Waals surface area (Å²) in [5.41, 5.74) is 0.109. The summed E-state index contributed by atoms with van der Waals surface area (Å²) in [6.07, 6.45) is -7.02. The smallest absolute Gasteiger partial charge is 0.394 e. The van der Waals surface area contributed by atoms with Gasteiger partial charge in [0.1, 0.15) is 0 Å². The standard InChI is InChI=1S/C11H12F5NO/c12-10(13)8-3-1-7(2-4-8)9(5-18)17-6-11(14,15)16/h1-4,9-10,17-18H,5-6H2. The van der Waals surface area contributed by atoms with E-state index in [4.69, 9.17) is 5.11 Å². The van der Waals surface area contributed by atoms with E-state index < -0.39 is 31.8 Å². The van der Waals surface area contributed by atoms with Crippen molar-refractivity contribution in [2.75, 3.05) is 13.2 Å². The first kappa shape index (κ1) is 14.8.